The number of hydrogen-bond acceptors (Lipinski definition) is 3. The Balaban J connectivity index is 2.05. The second-order valence-electron chi connectivity index (χ2n) is 4.50. The quantitative estimate of drug-likeness (QED) is 0.881. The predicted molar refractivity (Wildman–Crippen MR) is 81.0 cm³/mol. The van der Waals surface area contributed by atoms with Crippen molar-refractivity contribution in [3.63, 3.8) is 0 Å². The Morgan fingerprint density at radius 3 is 2.62 bits per heavy atom. The molecule has 0 aliphatic heterocycles. The van der Waals surface area contributed by atoms with Crippen molar-refractivity contribution in [1.29, 1.82) is 5.26 Å². The molecule has 2 rings (SSSR count). The first-order valence-corrected chi connectivity index (χ1v) is 6.79. The number of anilines is 1. The van der Waals surface area contributed by atoms with E-state index in [-0.39, 0.29) is 18.5 Å². The summed E-state index contributed by atoms with van der Waals surface area (Å²) in [5.74, 6) is 0.282. The van der Waals surface area contributed by atoms with E-state index in [0.29, 0.717) is 10.8 Å². The Morgan fingerprint density at radius 2 is 2.00 bits per heavy atom. The highest BCUT2D eigenvalue weighted by Gasteiger charge is 2.10. The van der Waals surface area contributed by atoms with Crippen molar-refractivity contribution < 1.29 is 9.13 Å². The van der Waals surface area contributed by atoms with E-state index in [9.17, 15) is 4.39 Å². The van der Waals surface area contributed by atoms with Gasteiger partial charge in [0.25, 0.3) is 0 Å². The van der Waals surface area contributed by atoms with E-state index in [1.165, 1.54) is 12.1 Å². The fourth-order valence-electron chi connectivity index (χ4n) is 1.94. The van der Waals surface area contributed by atoms with Crippen LogP contribution in [-0.4, -0.2) is 6.61 Å². The van der Waals surface area contributed by atoms with Crippen LogP contribution >= 0.6 is 11.6 Å². The number of rotatable bonds is 5. The van der Waals surface area contributed by atoms with Crippen molar-refractivity contribution in [2.24, 2.45) is 0 Å². The van der Waals surface area contributed by atoms with Crippen LogP contribution in [-0.2, 0) is 0 Å². The summed E-state index contributed by atoms with van der Waals surface area (Å²) in [5.41, 5.74) is 1.70. The van der Waals surface area contributed by atoms with Crippen LogP contribution < -0.4 is 10.1 Å². The van der Waals surface area contributed by atoms with Gasteiger partial charge in [-0.1, -0.05) is 17.7 Å². The monoisotopic (exact) mass is 304 g/mol. The second kappa shape index (κ2) is 6.96. The smallest absolute Gasteiger partial charge is 0.174 e. The van der Waals surface area contributed by atoms with Crippen molar-refractivity contribution >= 4 is 17.3 Å². The van der Waals surface area contributed by atoms with Crippen molar-refractivity contribution in [1.82, 2.24) is 0 Å². The van der Waals surface area contributed by atoms with Crippen molar-refractivity contribution in [3.05, 3.63) is 58.9 Å². The van der Waals surface area contributed by atoms with Crippen molar-refractivity contribution in [3.8, 4) is 11.8 Å². The number of ether oxygens (including phenoxy) is 1. The first-order valence-electron chi connectivity index (χ1n) is 6.41. The van der Waals surface area contributed by atoms with Crippen LogP contribution in [0.1, 0.15) is 18.5 Å². The zero-order valence-electron chi connectivity index (χ0n) is 11.4. The third-order valence-corrected chi connectivity index (χ3v) is 3.30. The molecule has 1 unspecified atom stereocenters. The number of hydrogen-bond donors (Lipinski definition) is 1. The lowest BCUT2D eigenvalue weighted by molar-refractivity contribution is 0.368. The molecule has 0 heterocycles. The third kappa shape index (κ3) is 4.11. The Bertz CT molecular complexity index is 652. The zero-order valence-corrected chi connectivity index (χ0v) is 12.2. The predicted octanol–water partition coefficient (Wildman–Crippen LogP) is 4.55. The van der Waals surface area contributed by atoms with E-state index in [0.717, 1.165) is 11.3 Å². The Morgan fingerprint density at radius 1 is 1.29 bits per heavy atom. The topological polar surface area (TPSA) is 45.0 Å². The Kier molecular flexibility index (Phi) is 5.02. The van der Waals surface area contributed by atoms with Gasteiger partial charge in [0.1, 0.15) is 17.6 Å². The number of nitriles is 1. The van der Waals surface area contributed by atoms with Gasteiger partial charge in [0.05, 0.1) is 0 Å². The van der Waals surface area contributed by atoms with Gasteiger partial charge in [-0.15, -0.1) is 0 Å². The van der Waals surface area contributed by atoms with Gasteiger partial charge >= 0.3 is 0 Å². The number of nitrogens with one attached hydrogen (secondary N) is 1. The Hall–Kier alpha value is -2.25. The molecule has 0 amide bonds. The molecule has 1 N–H and O–H groups in total. The maximum absolute atomic E-state index is 13.0. The van der Waals surface area contributed by atoms with E-state index in [1.807, 2.05) is 25.1 Å². The molecule has 2 aromatic carbocycles. The largest absolute Gasteiger partial charge is 0.479 e. The van der Waals surface area contributed by atoms with Crippen LogP contribution in [0.2, 0.25) is 5.02 Å². The SMILES string of the molecule is CC(Nc1ccc(OCC#N)cc1)c1ccc(F)cc1Cl. The molecule has 3 nitrogen and oxygen atoms in total. The first kappa shape index (κ1) is 15.1. The highest BCUT2D eigenvalue weighted by atomic mass is 35.5. The van der Waals surface area contributed by atoms with Gasteiger partial charge in [0.2, 0.25) is 0 Å². The zero-order chi connectivity index (χ0) is 15.2. The van der Waals surface area contributed by atoms with E-state index in [2.05, 4.69) is 5.32 Å². The van der Waals surface area contributed by atoms with Gasteiger partial charge in [0.15, 0.2) is 6.61 Å². The average Bonchev–Trinajstić information content (AvgIpc) is 2.46. The molecule has 0 aliphatic rings. The summed E-state index contributed by atoms with van der Waals surface area (Å²) in [7, 11) is 0. The average molecular weight is 305 g/mol. The fourth-order valence-corrected chi connectivity index (χ4v) is 2.27. The summed E-state index contributed by atoms with van der Waals surface area (Å²) in [4.78, 5) is 0. The van der Waals surface area contributed by atoms with E-state index >= 15 is 0 Å². The van der Waals surface area contributed by atoms with Crippen LogP contribution in [0.4, 0.5) is 10.1 Å². The highest BCUT2D eigenvalue weighted by molar-refractivity contribution is 6.31. The lowest BCUT2D eigenvalue weighted by Crippen LogP contribution is -2.07. The molecule has 0 bridgehead atoms. The molecule has 108 valence electrons. The lowest BCUT2D eigenvalue weighted by Gasteiger charge is -2.17. The Labute approximate surface area is 127 Å². The molecule has 0 fully saturated rings. The van der Waals surface area contributed by atoms with E-state index in [4.69, 9.17) is 21.6 Å². The molecular weight excluding hydrogens is 291 g/mol. The maximum Gasteiger partial charge on any atom is 0.174 e. The molecule has 21 heavy (non-hydrogen) atoms. The van der Waals surface area contributed by atoms with Crippen molar-refractivity contribution in [2.75, 3.05) is 11.9 Å². The summed E-state index contributed by atoms with van der Waals surface area (Å²) < 4.78 is 18.2. The standard InChI is InChI=1S/C16H14ClFN2O/c1-11(15-7-2-12(18)10-16(15)17)20-13-3-5-14(6-4-13)21-9-8-19/h2-7,10-11,20H,9H2,1H3. The number of halogens is 2. The van der Waals surface area contributed by atoms with Crippen LogP contribution in [0.25, 0.3) is 0 Å². The summed E-state index contributed by atoms with van der Waals surface area (Å²) in [5, 5.41) is 12.1. The molecular formula is C16H14ClFN2O. The molecule has 0 saturated heterocycles. The van der Waals surface area contributed by atoms with Crippen molar-refractivity contribution in [2.45, 2.75) is 13.0 Å². The molecule has 0 saturated carbocycles. The summed E-state index contributed by atoms with van der Waals surface area (Å²) in [6.45, 7) is 1.97. The fraction of sp³-hybridized carbons (Fsp3) is 0.188. The minimum Gasteiger partial charge on any atom is -0.479 e. The van der Waals surface area contributed by atoms with E-state index < -0.39 is 0 Å². The summed E-state index contributed by atoms with van der Waals surface area (Å²) >= 11 is 6.04. The van der Waals surface area contributed by atoms with Gasteiger partial charge in [0, 0.05) is 16.8 Å². The summed E-state index contributed by atoms with van der Waals surface area (Å²) in [6, 6.07) is 13.4. The molecule has 5 heteroatoms. The van der Waals surface area contributed by atoms with Gasteiger partial charge in [-0.25, -0.2) is 4.39 Å². The molecule has 1 atom stereocenters. The molecule has 0 aromatic heterocycles. The molecule has 0 aliphatic carbocycles. The van der Waals surface area contributed by atoms with Gasteiger partial charge < -0.3 is 10.1 Å². The van der Waals surface area contributed by atoms with Crippen LogP contribution in [0.5, 0.6) is 5.75 Å². The first-order chi connectivity index (χ1) is 10.1. The van der Waals surface area contributed by atoms with Crippen LogP contribution in [0.3, 0.4) is 0 Å². The summed E-state index contributed by atoms with van der Waals surface area (Å²) in [6.07, 6.45) is 0. The van der Waals surface area contributed by atoms with Crippen LogP contribution in [0, 0.1) is 17.1 Å². The number of benzene rings is 2. The minimum absolute atomic E-state index is 0.0222. The highest BCUT2D eigenvalue weighted by Crippen LogP contribution is 2.27. The number of nitrogens with zero attached hydrogens (tertiary/aromatic N) is 1. The molecule has 2 aromatic rings. The van der Waals surface area contributed by atoms with Crippen LogP contribution in [0.15, 0.2) is 42.5 Å². The van der Waals surface area contributed by atoms with Gasteiger partial charge in [-0.05, 0) is 48.9 Å². The van der Waals surface area contributed by atoms with E-state index in [1.54, 1.807) is 18.2 Å². The van der Waals surface area contributed by atoms with Gasteiger partial charge in [-0.2, -0.15) is 5.26 Å². The maximum atomic E-state index is 13.0. The molecule has 0 spiro atoms. The third-order valence-electron chi connectivity index (χ3n) is 2.97. The lowest BCUT2D eigenvalue weighted by atomic mass is 10.1. The normalized spacial score (nSPS) is 11.5. The van der Waals surface area contributed by atoms with Gasteiger partial charge in [-0.3, -0.25) is 0 Å². The molecule has 0 radical (unpaired) electrons. The minimum atomic E-state index is -0.352. The second-order valence-corrected chi connectivity index (χ2v) is 4.91.